The van der Waals surface area contributed by atoms with Crippen molar-refractivity contribution in [3.05, 3.63) is 0 Å². The highest BCUT2D eigenvalue weighted by Crippen LogP contribution is 2.86. The maximum Gasteiger partial charge on any atom is 0.0985 e. The molecular formula is C15H24O. The highest BCUT2D eigenvalue weighted by Gasteiger charge is 2.88. The van der Waals surface area contributed by atoms with E-state index in [1.54, 1.807) is 0 Å². The van der Waals surface area contributed by atoms with Crippen LogP contribution in [-0.4, -0.2) is 11.7 Å². The maximum atomic E-state index is 6.22. The second kappa shape index (κ2) is 2.25. The molecule has 0 aromatic heterocycles. The van der Waals surface area contributed by atoms with Crippen molar-refractivity contribution in [3.8, 4) is 0 Å². The third-order valence-electron chi connectivity index (χ3n) is 7.67. The second-order valence-corrected chi connectivity index (χ2v) is 7.62. The van der Waals surface area contributed by atoms with E-state index in [0.29, 0.717) is 22.3 Å². The summed E-state index contributed by atoms with van der Waals surface area (Å²) in [6, 6.07) is 0. The molecule has 1 spiro atoms. The van der Waals surface area contributed by atoms with Crippen LogP contribution in [0, 0.1) is 22.2 Å². The molecule has 0 bridgehead atoms. The van der Waals surface area contributed by atoms with Crippen LogP contribution in [0.15, 0.2) is 0 Å². The Hall–Kier alpha value is -0.0400. The zero-order valence-corrected chi connectivity index (χ0v) is 11.1. The number of rotatable bonds is 0. The Morgan fingerprint density at radius 3 is 2.56 bits per heavy atom. The lowest BCUT2D eigenvalue weighted by Gasteiger charge is -2.50. The Balaban J connectivity index is 1.98. The van der Waals surface area contributed by atoms with Gasteiger partial charge in [-0.2, -0.15) is 0 Å². The van der Waals surface area contributed by atoms with Crippen LogP contribution in [0.5, 0.6) is 0 Å². The van der Waals surface area contributed by atoms with Gasteiger partial charge in [0.2, 0.25) is 0 Å². The molecule has 0 N–H and O–H groups in total. The molecule has 1 heterocycles. The van der Waals surface area contributed by atoms with Crippen LogP contribution in [-0.2, 0) is 4.74 Å². The minimum absolute atomic E-state index is 0.229. The largest absolute Gasteiger partial charge is 0.365 e. The number of hydrogen-bond acceptors (Lipinski definition) is 1. The van der Waals surface area contributed by atoms with Crippen molar-refractivity contribution in [2.45, 2.75) is 71.5 Å². The first-order valence-corrected chi connectivity index (χ1v) is 7.10. The average Bonchev–Trinajstić information content (AvgIpc) is 2.67. The first kappa shape index (κ1) is 9.94. The van der Waals surface area contributed by atoms with E-state index in [0.717, 1.165) is 5.92 Å². The van der Waals surface area contributed by atoms with Gasteiger partial charge in [0, 0.05) is 10.8 Å². The van der Waals surface area contributed by atoms with Crippen molar-refractivity contribution in [1.82, 2.24) is 0 Å². The predicted octanol–water partition coefficient (Wildman–Crippen LogP) is 3.77. The number of epoxide rings is 1. The first-order chi connectivity index (χ1) is 7.42. The standard InChI is InChI=1S/C15H24O/c1-10-6-9-13(3)14(4)11(16-14)12(2)7-5-8-15(10,12)13/h10-11H,5-9H2,1-4H3. The van der Waals surface area contributed by atoms with Gasteiger partial charge >= 0.3 is 0 Å². The summed E-state index contributed by atoms with van der Waals surface area (Å²) >= 11 is 0. The molecular weight excluding hydrogens is 196 g/mol. The van der Waals surface area contributed by atoms with Gasteiger partial charge in [0.25, 0.3) is 0 Å². The van der Waals surface area contributed by atoms with E-state index in [-0.39, 0.29) is 5.60 Å². The fourth-order valence-electron chi connectivity index (χ4n) is 6.90. The third-order valence-corrected chi connectivity index (χ3v) is 7.67. The number of fused-ring (bicyclic) bond motifs is 3. The average molecular weight is 220 g/mol. The fraction of sp³-hybridized carbons (Fsp3) is 1.00. The van der Waals surface area contributed by atoms with Crippen molar-refractivity contribution in [2.24, 2.45) is 22.2 Å². The molecule has 6 unspecified atom stereocenters. The van der Waals surface area contributed by atoms with Gasteiger partial charge in [0.15, 0.2) is 0 Å². The lowest BCUT2D eigenvalue weighted by molar-refractivity contribution is -0.0841. The Morgan fingerprint density at radius 1 is 1.06 bits per heavy atom. The zero-order valence-electron chi connectivity index (χ0n) is 11.1. The highest BCUT2D eigenvalue weighted by molar-refractivity contribution is 5.35. The van der Waals surface area contributed by atoms with Crippen LogP contribution in [0.3, 0.4) is 0 Å². The Labute approximate surface area is 98.9 Å². The summed E-state index contributed by atoms with van der Waals surface area (Å²) in [6.45, 7) is 10.0. The molecule has 0 radical (unpaired) electrons. The third kappa shape index (κ3) is 0.611. The SMILES string of the molecule is CC1CCC2(C)C3(C)OC3C3(C)CCCC132. The van der Waals surface area contributed by atoms with Crippen molar-refractivity contribution in [2.75, 3.05) is 0 Å². The molecule has 3 saturated carbocycles. The smallest absolute Gasteiger partial charge is 0.0985 e. The molecule has 0 aromatic carbocycles. The molecule has 0 amide bonds. The zero-order chi connectivity index (χ0) is 11.4. The van der Waals surface area contributed by atoms with Crippen molar-refractivity contribution in [3.63, 3.8) is 0 Å². The van der Waals surface area contributed by atoms with Gasteiger partial charge < -0.3 is 4.74 Å². The summed E-state index contributed by atoms with van der Waals surface area (Å²) in [7, 11) is 0. The van der Waals surface area contributed by atoms with Gasteiger partial charge in [0.1, 0.15) is 0 Å². The van der Waals surface area contributed by atoms with Gasteiger partial charge in [-0.15, -0.1) is 0 Å². The second-order valence-electron chi connectivity index (χ2n) is 7.62. The summed E-state index contributed by atoms with van der Waals surface area (Å²) in [6.07, 6.45) is 7.72. The predicted molar refractivity (Wildman–Crippen MR) is 64.2 cm³/mol. The van der Waals surface area contributed by atoms with E-state index in [2.05, 4.69) is 27.7 Å². The van der Waals surface area contributed by atoms with Gasteiger partial charge in [0.05, 0.1) is 11.7 Å². The quantitative estimate of drug-likeness (QED) is 0.566. The molecule has 16 heavy (non-hydrogen) atoms. The molecule has 4 aliphatic rings. The molecule has 0 aromatic rings. The van der Waals surface area contributed by atoms with E-state index in [9.17, 15) is 0 Å². The molecule has 1 saturated heterocycles. The molecule has 4 fully saturated rings. The number of hydrogen-bond donors (Lipinski definition) is 0. The van der Waals surface area contributed by atoms with E-state index in [1.807, 2.05) is 0 Å². The van der Waals surface area contributed by atoms with E-state index < -0.39 is 0 Å². The van der Waals surface area contributed by atoms with Crippen LogP contribution >= 0.6 is 0 Å². The van der Waals surface area contributed by atoms with Crippen molar-refractivity contribution < 1.29 is 4.74 Å². The first-order valence-electron chi connectivity index (χ1n) is 7.10. The van der Waals surface area contributed by atoms with Crippen LogP contribution in [0.2, 0.25) is 0 Å². The molecule has 4 rings (SSSR count). The molecule has 6 atom stereocenters. The molecule has 3 aliphatic carbocycles. The lowest BCUT2D eigenvalue weighted by atomic mass is 9.55. The molecule has 1 aliphatic heterocycles. The van der Waals surface area contributed by atoms with Gasteiger partial charge in [-0.25, -0.2) is 0 Å². The van der Waals surface area contributed by atoms with Crippen molar-refractivity contribution in [1.29, 1.82) is 0 Å². The van der Waals surface area contributed by atoms with E-state index in [1.165, 1.54) is 32.1 Å². The normalized spacial score (nSPS) is 71.2. The summed E-state index contributed by atoms with van der Waals surface area (Å²) in [5, 5.41) is 0. The van der Waals surface area contributed by atoms with Crippen LogP contribution in [0.4, 0.5) is 0 Å². The Bertz CT molecular complexity index is 378. The van der Waals surface area contributed by atoms with Gasteiger partial charge in [-0.05, 0) is 43.9 Å². The molecule has 1 heteroatoms. The summed E-state index contributed by atoms with van der Waals surface area (Å²) < 4.78 is 6.22. The van der Waals surface area contributed by atoms with Crippen LogP contribution in [0.1, 0.15) is 59.8 Å². The Morgan fingerprint density at radius 2 is 1.81 bits per heavy atom. The minimum atomic E-state index is 0.229. The van der Waals surface area contributed by atoms with E-state index >= 15 is 0 Å². The Kier molecular flexibility index (Phi) is 1.40. The van der Waals surface area contributed by atoms with Gasteiger partial charge in [-0.3, -0.25) is 0 Å². The fourth-order valence-corrected chi connectivity index (χ4v) is 6.90. The van der Waals surface area contributed by atoms with E-state index in [4.69, 9.17) is 4.74 Å². The monoisotopic (exact) mass is 220 g/mol. The highest BCUT2D eigenvalue weighted by atomic mass is 16.6. The molecule has 1 nitrogen and oxygen atoms in total. The van der Waals surface area contributed by atoms with Gasteiger partial charge in [-0.1, -0.05) is 27.2 Å². The maximum absolute atomic E-state index is 6.22. The summed E-state index contributed by atoms with van der Waals surface area (Å²) in [4.78, 5) is 0. The van der Waals surface area contributed by atoms with Crippen molar-refractivity contribution >= 4 is 0 Å². The molecule has 90 valence electrons. The summed E-state index contributed by atoms with van der Waals surface area (Å²) in [5.74, 6) is 0.915. The summed E-state index contributed by atoms with van der Waals surface area (Å²) in [5.41, 5.74) is 1.80. The van der Waals surface area contributed by atoms with Crippen LogP contribution < -0.4 is 0 Å². The van der Waals surface area contributed by atoms with Crippen LogP contribution in [0.25, 0.3) is 0 Å². The minimum Gasteiger partial charge on any atom is -0.365 e. The number of ether oxygens (including phenoxy) is 1. The topological polar surface area (TPSA) is 12.5 Å². The lowest BCUT2D eigenvalue weighted by Crippen LogP contribution is -2.47.